The number of methoxy groups -OCH3 is 1. The number of thiazole rings is 1. The van der Waals surface area contributed by atoms with Gasteiger partial charge in [-0.3, -0.25) is 4.79 Å². The number of benzene rings is 1. The molecule has 0 fully saturated rings. The van der Waals surface area contributed by atoms with Gasteiger partial charge >= 0.3 is 0 Å². The number of carbonyl (C=O) groups is 1. The molecule has 1 N–H and O–H groups in total. The lowest BCUT2D eigenvalue weighted by Gasteiger charge is -2.03. The van der Waals surface area contributed by atoms with Gasteiger partial charge in [-0.15, -0.1) is 22.7 Å². The molecular weight excluding hydrogens is 354 g/mol. The number of thiophene rings is 1. The van der Waals surface area contributed by atoms with E-state index in [0.29, 0.717) is 16.4 Å². The Hall–Kier alpha value is -2.77. The number of carbonyl (C=O) groups excluding carboxylic acids is 1. The minimum atomic E-state index is -0.163. The van der Waals surface area contributed by atoms with E-state index in [1.807, 2.05) is 30.3 Å². The highest BCUT2D eigenvalue weighted by Crippen LogP contribution is 2.34. The van der Waals surface area contributed by atoms with Gasteiger partial charge in [-0.05, 0) is 30.3 Å². The van der Waals surface area contributed by atoms with Crippen molar-refractivity contribution in [3.63, 3.8) is 0 Å². The monoisotopic (exact) mass is 367 g/mol. The standard InChI is InChI=1S/C18H13N3O2S2/c1-23-16-9-6-11(10-19-16)20-17(22)14-7-8-15(24-14)18-21-12-4-2-3-5-13(12)25-18/h2-10H,1H3,(H,20,22). The minimum absolute atomic E-state index is 0.163. The number of fused-ring (bicyclic) bond motifs is 1. The van der Waals surface area contributed by atoms with Crippen molar-refractivity contribution in [2.75, 3.05) is 12.4 Å². The Morgan fingerprint density at radius 1 is 1.08 bits per heavy atom. The van der Waals surface area contributed by atoms with Crippen LogP contribution in [0.15, 0.2) is 54.7 Å². The maximum absolute atomic E-state index is 12.4. The molecule has 0 unspecified atom stereocenters. The Bertz CT molecular complexity index is 1000. The van der Waals surface area contributed by atoms with Crippen molar-refractivity contribution in [2.24, 2.45) is 0 Å². The third-order valence-electron chi connectivity index (χ3n) is 3.54. The van der Waals surface area contributed by atoms with Crippen LogP contribution in [-0.2, 0) is 0 Å². The van der Waals surface area contributed by atoms with Crippen molar-refractivity contribution in [3.8, 4) is 15.8 Å². The summed E-state index contributed by atoms with van der Waals surface area (Å²) in [6.07, 6.45) is 1.57. The van der Waals surface area contributed by atoms with Crippen LogP contribution in [0.1, 0.15) is 9.67 Å². The van der Waals surface area contributed by atoms with Crippen molar-refractivity contribution in [1.29, 1.82) is 0 Å². The van der Waals surface area contributed by atoms with Gasteiger partial charge in [0.15, 0.2) is 0 Å². The Balaban J connectivity index is 1.54. The average Bonchev–Trinajstić information content (AvgIpc) is 3.29. The summed E-state index contributed by atoms with van der Waals surface area (Å²) in [5.41, 5.74) is 1.60. The SMILES string of the molecule is COc1ccc(NC(=O)c2ccc(-c3nc4ccccc4s3)s2)cn1. The van der Waals surface area contributed by atoms with Crippen LogP contribution in [-0.4, -0.2) is 23.0 Å². The molecule has 4 rings (SSSR count). The Morgan fingerprint density at radius 3 is 2.72 bits per heavy atom. The summed E-state index contributed by atoms with van der Waals surface area (Å²) in [4.78, 5) is 22.7. The molecule has 3 aromatic heterocycles. The van der Waals surface area contributed by atoms with Gasteiger partial charge in [0.1, 0.15) is 5.01 Å². The highest BCUT2D eigenvalue weighted by molar-refractivity contribution is 7.26. The van der Waals surface area contributed by atoms with Gasteiger partial charge < -0.3 is 10.1 Å². The predicted molar refractivity (Wildman–Crippen MR) is 102 cm³/mol. The average molecular weight is 367 g/mol. The number of amides is 1. The zero-order valence-electron chi connectivity index (χ0n) is 13.2. The second-order valence-electron chi connectivity index (χ2n) is 5.19. The van der Waals surface area contributed by atoms with E-state index >= 15 is 0 Å². The molecule has 0 bridgehead atoms. The van der Waals surface area contributed by atoms with Gasteiger partial charge in [-0.2, -0.15) is 0 Å². The molecule has 0 atom stereocenters. The van der Waals surface area contributed by atoms with E-state index in [2.05, 4.69) is 21.4 Å². The smallest absolute Gasteiger partial charge is 0.265 e. The van der Waals surface area contributed by atoms with Gasteiger partial charge in [0, 0.05) is 6.07 Å². The zero-order valence-corrected chi connectivity index (χ0v) is 14.9. The first-order valence-electron chi connectivity index (χ1n) is 7.50. The zero-order chi connectivity index (χ0) is 17.2. The van der Waals surface area contributed by atoms with Crippen molar-refractivity contribution in [2.45, 2.75) is 0 Å². The summed E-state index contributed by atoms with van der Waals surface area (Å²) in [7, 11) is 1.55. The third kappa shape index (κ3) is 3.24. The number of nitrogens with one attached hydrogen (secondary N) is 1. The van der Waals surface area contributed by atoms with E-state index in [0.717, 1.165) is 20.1 Å². The van der Waals surface area contributed by atoms with Gasteiger partial charge in [-0.1, -0.05) is 12.1 Å². The largest absolute Gasteiger partial charge is 0.481 e. The van der Waals surface area contributed by atoms with Crippen LogP contribution in [0.3, 0.4) is 0 Å². The van der Waals surface area contributed by atoms with Crippen LogP contribution in [0.25, 0.3) is 20.1 Å². The number of rotatable bonds is 4. The number of pyridine rings is 1. The summed E-state index contributed by atoms with van der Waals surface area (Å²) in [6.45, 7) is 0. The summed E-state index contributed by atoms with van der Waals surface area (Å²) in [6, 6.07) is 15.2. The number of para-hydroxylation sites is 1. The quantitative estimate of drug-likeness (QED) is 0.569. The second kappa shape index (κ2) is 6.62. The first kappa shape index (κ1) is 15.7. The fourth-order valence-electron chi connectivity index (χ4n) is 2.32. The Morgan fingerprint density at radius 2 is 1.96 bits per heavy atom. The van der Waals surface area contributed by atoms with Gasteiger partial charge in [0.25, 0.3) is 5.91 Å². The number of anilines is 1. The molecule has 7 heteroatoms. The highest BCUT2D eigenvalue weighted by Gasteiger charge is 2.13. The van der Waals surface area contributed by atoms with Crippen LogP contribution >= 0.6 is 22.7 Å². The Labute approximate surface area is 152 Å². The highest BCUT2D eigenvalue weighted by atomic mass is 32.1. The van der Waals surface area contributed by atoms with Gasteiger partial charge in [0.05, 0.1) is 39.0 Å². The topological polar surface area (TPSA) is 64.1 Å². The lowest BCUT2D eigenvalue weighted by molar-refractivity contribution is 0.103. The molecular formula is C18H13N3O2S2. The molecule has 124 valence electrons. The first-order chi connectivity index (χ1) is 12.2. The Kier molecular flexibility index (Phi) is 4.17. The number of hydrogen-bond acceptors (Lipinski definition) is 6. The van der Waals surface area contributed by atoms with Crippen LogP contribution in [0.5, 0.6) is 5.88 Å². The molecule has 0 spiro atoms. The number of hydrogen-bond donors (Lipinski definition) is 1. The molecule has 0 aliphatic rings. The van der Waals surface area contributed by atoms with E-state index < -0.39 is 0 Å². The molecule has 1 amide bonds. The molecule has 4 aromatic rings. The van der Waals surface area contributed by atoms with E-state index in [4.69, 9.17) is 4.74 Å². The molecule has 0 saturated heterocycles. The summed E-state index contributed by atoms with van der Waals surface area (Å²) >= 11 is 3.05. The van der Waals surface area contributed by atoms with E-state index in [1.165, 1.54) is 11.3 Å². The second-order valence-corrected chi connectivity index (χ2v) is 7.31. The van der Waals surface area contributed by atoms with Crippen LogP contribution in [0.4, 0.5) is 5.69 Å². The number of ether oxygens (including phenoxy) is 1. The molecule has 3 heterocycles. The maximum atomic E-state index is 12.4. The molecule has 0 aliphatic heterocycles. The van der Waals surface area contributed by atoms with Crippen LogP contribution < -0.4 is 10.1 Å². The number of nitrogens with zero attached hydrogens (tertiary/aromatic N) is 2. The van der Waals surface area contributed by atoms with Crippen molar-refractivity contribution in [1.82, 2.24) is 9.97 Å². The van der Waals surface area contributed by atoms with Gasteiger partial charge in [-0.25, -0.2) is 9.97 Å². The number of aromatic nitrogens is 2. The first-order valence-corrected chi connectivity index (χ1v) is 9.13. The van der Waals surface area contributed by atoms with Crippen LogP contribution in [0, 0.1) is 0 Å². The summed E-state index contributed by atoms with van der Waals surface area (Å²) in [5, 5.41) is 3.76. The lowest BCUT2D eigenvalue weighted by Crippen LogP contribution is -2.10. The van der Waals surface area contributed by atoms with Crippen LogP contribution in [0.2, 0.25) is 0 Å². The van der Waals surface area contributed by atoms with E-state index in [9.17, 15) is 4.79 Å². The molecule has 0 aliphatic carbocycles. The molecule has 0 saturated carbocycles. The summed E-state index contributed by atoms with van der Waals surface area (Å²) < 4.78 is 6.15. The van der Waals surface area contributed by atoms with Crippen molar-refractivity contribution >= 4 is 44.5 Å². The molecule has 25 heavy (non-hydrogen) atoms. The van der Waals surface area contributed by atoms with Gasteiger partial charge in [0.2, 0.25) is 5.88 Å². The molecule has 1 aromatic carbocycles. The fraction of sp³-hybridized carbons (Fsp3) is 0.0556. The van der Waals surface area contributed by atoms with E-state index in [-0.39, 0.29) is 5.91 Å². The van der Waals surface area contributed by atoms with E-state index in [1.54, 1.807) is 36.8 Å². The van der Waals surface area contributed by atoms with Crippen molar-refractivity contribution < 1.29 is 9.53 Å². The van der Waals surface area contributed by atoms with Crippen molar-refractivity contribution in [3.05, 3.63) is 59.6 Å². The predicted octanol–water partition coefficient (Wildman–Crippen LogP) is 4.68. The summed E-state index contributed by atoms with van der Waals surface area (Å²) in [5.74, 6) is 0.344. The molecule has 0 radical (unpaired) electrons. The normalized spacial score (nSPS) is 10.8. The fourth-order valence-corrected chi connectivity index (χ4v) is 4.24. The molecule has 5 nitrogen and oxygen atoms in total. The lowest BCUT2D eigenvalue weighted by atomic mass is 10.3. The third-order valence-corrected chi connectivity index (χ3v) is 5.83. The minimum Gasteiger partial charge on any atom is -0.481 e. The maximum Gasteiger partial charge on any atom is 0.265 e.